The third-order valence-electron chi connectivity index (χ3n) is 3.26. The van der Waals surface area contributed by atoms with Gasteiger partial charge in [-0.1, -0.05) is 12.2 Å². The van der Waals surface area contributed by atoms with Gasteiger partial charge in [0.15, 0.2) is 0 Å². The van der Waals surface area contributed by atoms with Gasteiger partial charge in [0.1, 0.15) is 11.5 Å². The van der Waals surface area contributed by atoms with E-state index in [0.717, 1.165) is 0 Å². The Morgan fingerprint density at radius 2 is 2.05 bits per heavy atom. The van der Waals surface area contributed by atoms with Gasteiger partial charge in [-0.15, -0.1) is 0 Å². The minimum atomic E-state index is -1.09. The van der Waals surface area contributed by atoms with Crippen molar-refractivity contribution in [2.24, 2.45) is 0 Å². The van der Waals surface area contributed by atoms with Crippen LogP contribution in [0, 0.1) is 0 Å². The predicted octanol–water partition coefficient (Wildman–Crippen LogP) is 1.67. The Bertz CT molecular complexity index is 526. The molecule has 0 bridgehead atoms. The molecular weight excluding hydrogens is 246 g/mol. The van der Waals surface area contributed by atoms with Crippen molar-refractivity contribution < 1.29 is 19.8 Å². The average Bonchev–Trinajstić information content (AvgIpc) is 2.41. The van der Waals surface area contributed by atoms with Gasteiger partial charge in [-0.2, -0.15) is 0 Å². The van der Waals surface area contributed by atoms with Crippen LogP contribution in [-0.2, 0) is 4.79 Å². The third-order valence-corrected chi connectivity index (χ3v) is 3.26. The molecule has 1 aromatic rings. The second-order valence-electron chi connectivity index (χ2n) is 4.76. The normalized spacial score (nSPS) is 18.7. The molecule has 0 atom stereocenters. The molecule has 5 heteroatoms. The number of ketones is 1. The molecule has 1 fully saturated rings. The summed E-state index contributed by atoms with van der Waals surface area (Å²) in [6, 6.07) is 3.11. The Morgan fingerprint density at radius 1 is 1.37 bits per heavy atom. The largest absolute Gasteiger partial charge is 0.477 e. The molecule has 0 amide bonds. The first-order valence-corrected chi connectivity index (χ1v) is 6.11. The first-order valence-electron chi connectivity index (χ1n) is 6.11. The van der Waals surface area contributed by atoms with Crippen LogP contribution in [0.4, 0.5) is 0 Å². The lowest BCUT2D eigenvalue weighted by Crippen LogP contribution is -2.31. The molecule has 5 nitrogen and oxygen atoms in total. The Morgan fingerprint density at radius 3 is 2.68 bits per heavy atom. The van der Waals surface area contributed by atoms with E-state index in [2.05, 4.69) is 4.98 Å². The van der Waals surface area contributed by atoms with Crippen molar-refractivity contribution in [1.29, 1.82) is 0 Å². The van der Waals surface area contributed by atoms with Crippen molar-refractivity contribution in [2.45, 2.75) is 31.3 Å². The van der Waals surface area contributed by atoms with Gasteiger partial charge in [0.2, 0.25) is 0 Å². The Hall–Kier alpha value is -2.01. The number of rotatable bonds is 3. The maximum Gasteiger partial charge on any atom is 0.354 e. The number of carbonyl (C=O) groups excluding carboxylic acids is 1. The lowest BCUT2D eigenvalue weighted by atomic mass is 9.83. The first-order chi connectivity index (χ1) is 8.98. The first kappa shape index (κ1) is 13.4. The topological polar surface area (TPSA) is 87.5 Å². The maximum absolute atomic E-state index is 11.1. The molecule has 1 aliphatic carbocycles. The molecule has 19 heavy (non-hydrogen) atoms. The second kappa shape index (κ2) is 5.32. The summed E-state index contributed by atoms with van der Waals surface area (Å²) in [5, 5.41) is 19.1. The number of Topliss-reactive ketones (excluding diaryl/α,β-unsaturated/α-hetero) is 1. The lowest BCUT2D eigenvalue weighted by molar-refractivity contribution is -0.123. The second-order valence-corrected chi connectivity index (χ2v) is 4.76. The quantitative estimate of drug-likeness (QED) is 0.864. The highest BCUT2D eigenvalue weighted by Gasteiger charge is 2.29. The zero-order valence-electron chi connectivity index (χ0n) is 10.4. The average molecular weight is 261 g/mol. The number of carbonyl (C=O) groups is 2. The Balaban J connectivity index is 2.12. The molecule has 100 valence electrons. The summed E-state index contributed by atoms with van der Waals surface area (Å²) in [4.78, 5) is 25.6. The summed E-state index contributed by atoms with van der Waals surface area (Å²) in [5.74, 6) is -0.910. The number of hydrogen-bond acceptors (Lipinski definition) is 4. The number of aromatic nitrogens is 1. The molecule has 0 unspecified atom stereocenters. The minimum absolute atomic E-state index is 0.0343. The van der Waals surface area contributed by atoms with Gasteiger partial charge >= 0.3 is 5.97 Å². The van der Waals surface area contributed by atoms with Gasteiger partial charge in [-0.05, 0) is 30.5 Å². The molecule has 2 N–H and O–H groups in total. The van der Waals surface area contributed by atoms with Gasteiger partial charge in [0, 0.05) is 19.0 Å². The summed E-state index contributed by atoms with van der Waals surface area (Å²) in [5.41, 5.74) is -0.341. The van der Waals surface area contributed by atoms with E-state index in [1.807, 2.05) is 0 Å². The lowest BCUT2D eigenvalue weighted by Gasteiger charge is -2.28. The molecule has 1 saturated carbocycles. The molecular formula is C14H15NO4. The zero-order chi connectivity index (χ0) is 13.9. The van der Waals surface area contributed by atoms with E-state index in [1.54, 1.807) is 18.2 Å². The van der Waals surface area contributed by atoms with E-state index >= 15 is 0 Å². The van der Waals surface area contributed by atoms with Gasteiger partial charge < -0.3 is 10.2 Å². The van der Waals surface area contributed by atoms with Crippen LogP contribution < -0.4 is 0 Å². The van der Waals surface area contributed by atoms with Crippen molar-refractivity contribution in [3.05, 3.63) is 35.7 Å². The van der Waals surface area contributed by atoms with Gasteiger partial charge in [0.25, 0.3) is 0 Å². The molecule has 0 aliphatic heterocycles. The van der Waals surface area contributed by atoms with E-state index in [9.17, 15) is 14.7 Å². The van der Waals surface area contributed by atoms with Crippen LogP contribution in [0.25, 0.3) is 6.08 Å². The van der Waals surface area contributed by atoms with E-state index in [1.165, 1.54) is 12.3 Å². The molecule has 0 spiro atoms. The number of carboxylic acid groups (broad SMARTS) is 1. The standard InChI is InChI=1S/C14H15NO4/c16-11-2-6-14(19,7-3-11)5-1-10-4-8-15-12(9-10)13(17)18/h1,4-5,8-9,19H,2-3,6-7H2,(H,17,18)/b5-1+. The van der Waals surface area contributed by atoms with Crippen LogP contribution in [0.1, 0.15) is 41.7 Å². The number of hydrogen-bond donors (Lipinski definition) is 2. The summed E-state index contributed by atoms with van der Waals surface area (Å²) in [6.07, 6.45) is 6.33. The number of carboxylic acids is 1. The molecule has 1 aromatic heterocycles. The van der Waals surface area contributed by atoms with Gasteiger partial charge in [0.05, 0.1) is 5.60 Å². The van der Waals surface area contributed by atoms with Gasteiger partial charge in [-0.3, -0.25) is 4.79 Å². The molecule has 0 saturated heterocycles. The van der Waals surface area contributed by atoms with Crippen molar-refractivity contribution >= 4 is 17.8 Å². The molecule has 1 heterocycles. The SMILES string of the molecule is O=C1CCC(O)(/C=C/c2ccnc(C(=O)O)c2)CC1. The Labute approximate surface area is 110 Å². The highest BCUT2D eigenvalue weighted by molar-refractivity contribution is 5.86. The van der Waals surface area contributed by atoms with Crippen molar-refractivity contribution in [3.63, 3.8) is 0 Å². The van der Waals surface area contributed by atoms with Crippen LogP contribution in [0.3, 0.4) is 0 Å². The molecule has 1 aliphatic rings. The van der Waals surface area contributed by atoms with E-state index in [0.29, 0.717) is 31.2 Å². The van der Waals surface area contributed by atoms with Crippen molar-refractivity contribution in [1.82, 2.24) is 4.98 Å². The van der Waals surface area contributed by atoms with Crippen LogP contribution in [0.5, 0.6) is 0 Å². The molecule has 0 radical (unpaired) electrons. The highest BCUT2D eigenvalue weighted by atomic mass is 16.4. The van der Waals surface area contributed by atoms with Crippen LogP contribution in [0.15, 0.2) is 24.4 Å². The van der Waals surface area contributed by atoms with Gasteiger partial charge in [-0.25, -0.2) is 9.78 Å². The number of aliphatic hydroxyl groups is 1. The number of aromatic carboxylic acids is 1. The molecule has 2 rings (SSSR count). The van der Waals surface area contributed by atoms with Crippen LogP contribution >= 0.6 is 0 Å². The minimum Gasteiger partial charge on any atom is -0.477 e. The molecule has 0 aromatic carbocycles. The summed E-state index contributed by atoms with van der Waals surface area (Å²) >= 11 is 0. The fraction of sp³-hybridized carbons (Fsp3) is 0.357. The summed E-state index contributed by atoms with van der Waals surface area (Å²) in [7, 11) is 0. The highest BCUT2D eigenvalue weighted by Crippen LogP contribution is 2.28. The fourth-order valence-electron chi connectivity index (χ4n) is 2.05. The predicted molar refractivity (Wildman–Crippen MR) is 68.7 cm³/mol. The van der Waals surface area contributed by atoms with E-state index in [-0.39, 0.29) is 11.5 Å². The van der Waals surface area contributed by atoms with Crippen LogP contribution in [-0.4, -0.2) is 32.6 Å². The fourth-order valence-corrected chi connectivity index (χ4v) is 2.05. The van der Waals surface area contributed by atoms with E-state index in [4.69, 9.17) is 5.11 Å². The number of pyridine rings is 1. The van der Waals surface area contributed by atoms with Crippen molar-refractivity contribution in [2.75, 3.05) is 0 Å². The summed E-state index contributed by atoms with van der Waals surface area (Å²) in [6.45, 7) is 0. The zero-order valence-corrected chi connectivity index (χ0v) is 10.4. The smallest absolute Gasteiger partial charge is 0.354 e. The number of nitrogens with zero attached hydrogens (tertiary/aromatic N) is 1. The van der Waals surface area contributed by atoms with E-state index < -0.39 is 11.6 Å². The van der Waals surface area contributed by atoms with Crippen molar-refractivity contribution in [3.8, 4) is 0 Å². The Kier molecular flexibility index (Phi) is 3.76. The van der Waals surface area contributed by atoms with Crippen LogP contribution in [0.2, 0.25) is 0 Å². The summed E-state index contributed by atoms with van der Waals surface area (Å²) < 4.78 is 0. The third kappa shape index (κ3) is 3.48. The maximum atomic E-state index is 11.1. The monoisotopic (exact) mass is 261 g/mol.